The van der Waals surface area contributed by atoms with Crippen LogP contribution >= 0.6 is 0 Å². The number of hydrogen-bond donors (Lipinski definition) is 4. The van der Waals surface area contributed by atoms with Gasteiger partial charge in [-0.25, -0.2) is 0 Å². The first-order chi connectivity index (χ1) is 29.6. The molecule has 0 aliphatic heterocycles. The minimum absolute atomic E-state index is 0.376. The number of hydrogen-bond acceptors (Lipinski definition) is 4. The molecule has 5 heteroatoms. The summed E-state index contributed by atoms with van der Waals surface area (Å²) in [5, 5.41) is 33.3. The third kappa shape index (κ3) is 44.6. The van der Waals surface area contributed by atoms with Gasteiger partial charge in [-0.15, -0.1) is 0 Å². The predicted molar refractivity (Wildman–Crippen MR) is 264 cm³/mol. The van der Waals surface area contributed by atoms with Crippen molar-refractivity contribution in [1.82, 2.24) is 5.32 Å². The van der Waals surface area contributed by atoms with E-state index in [9.17, 15) is 20.1 Å². The molecule has 1 amide bonds. The Balaban J connectivity index is 3.63. The lowest BCUT2D eigenvalue weighted by atomic mass is 10.0. The third-order valence-corrected chi connectivity index (χ3v) is 12.5. The first-order valence-corrected chi connectivity index (χ1v) is 26.8. The van der Waals surface area contributed by atoms with Crippen molar-refractivity contribution in [3.05, 3.63) is 36.5 Å². The SMILES string of the molecule is CCCCCCCCCCCCCC/C=C\CCCCCCCCCCC(O)C(=O)NC(CO)C(O)/C=C/CC/C=C/CCCCCCCCCCCCCCCCCC. The molecule has 0 aliphatic carbocycles. The smallest absolute Gasteiger partial charge is 0.249 e. The normalized spacial score (nSPS) is 13.6. The molecule has 0 bridgehead atoms. The van der Waals surface area contributed by atoms with E-state index < -0.39 is 24.2 Å². The summed E-state index contributed by atoms with van der Waals surface area (Å²) in [6.07, 6.45) is 65.0. The fourth-order valence-electron chi connectivity index (χ4n) is 8.26. The molecule has 0 saturated carbocycles. The van der Waals surface area contributed by atoms with Gasteiger partial charge >= 0.3 is 0 Å². The average Bonchev–Trinajstić information content (AvgIpc) is 3.25. The summed E-state index contributed by atoms with van der Waals surface area (Å²) in [5.74, 6) is -0.512. The maximum Gasteiger partial charge on any atom is 0.249 e. The van der Waals surface area contributed by atoms with Crippen LogP contribution in [0.25, 0.3) is 0 Å². The number of aliphatic hydroxyl groups is 3. The molecule has 0 radical (unpaired) electrons. The Bertz CT molecular complexity index is 931. The molecule has 0 heterocycles. The van der Waals surface area contributed by atoms with Gasteiger partial charge in [-0.2, -0.15) is 0 Å². The number of amides is 1. The predicted octanol–water partition coefficient (Wildman–Crippen LogP) is 16.3. The van der Waals surface area contributed by atoms with Gasteiger partial charge < -0.3 is 20.6 Å². The van der Waals surface area contributed by atoms with Gasteiger partial charge in [0.2, 0.25) is 5.91 Å². The topological polar surface area (TPSA) is 89.8 Å². The van der Waals surface area contributed by atoms with Crippen LogP contribution in [0.3, 0.4) is 0 Å². The van der Waals surface area contributed by atoms with Gasteiger partial charge in [-0.1, -0.05) is 262 Å². The summed E-state index contributed by atoms with van der Waals surface area (Å²) in [6.45, 7) is 4.20. The summed E-state index contributed by atoms with van der Waals surface area (Å²) in [4.78, 5) is 12.5. The van der Waals surface area contributed by atoms with Crippen LogP contribution in [-0.4, -0.2) is 46.1 Å². The fraction of sp³-hybridized carbons (Fsp3) is 0.873. The molecule has 0 aromatic rings. The van der Waals surface area contributed by atoms with E-state index in [1.165, 1.54) is 225 Å². The lowest BCUT2D eigenvalue weighted by Crippen LogP contribution is -2.48. The van der Waals surface area contributed by atoms with E-state index in [0.717, 1.165) is 38.5 Å². The molecule has 0 spiro atoms. The summed E-state index contributed by atoms with van der Waals surface area (Å²) in [6, 6.07) is -0.816. The second-order valence-electron chi connectivity index (χ2n) is 18.4. The van der Waals surface area contributed by atoms with Gasteiger partial charge in [0.25, 0.3) is 0 Å². The van der Waals surface area contributed by atoms with E-state index >= 15 is 0 Å². The third-order valence-electron chi connectivity index (χ3n) is 12.5. The number of carbonyl (C=O) groups excluding carboxylic acids is 1. The molecule has 0 aromatic carbocycles. The minimum Gasteiger partial charge on any atom is -0.394 e. The van der Waals surface area contributed by atoms with Gasteiger partial charge in [0.15, 0.2) is 0 Å². The molecule has 0 fully saturated rings. The highest BCUT2D eigenvalue weighted by molar-refractivity contribution is 5.80. The Morgan fingerprint density at radius 3 is 1.02 bits per heavy atom. The number of unbranched alkanes of at least 4 members (excludes halogenated alkanes) is 37. The molecule has 4 N–H and O–H groups in total. The average molecular weight is 844 g/mol. The van der Waals surface area contributed by atoms with Crippen molar-refractivity contribution in [2.24, 2.45) is 0 Å². The van der Waals surface area contributed by atoms with E-state index in [1.807, 2.05) is 6.08 Å². The highest BCUT2D eigenvalue weighted by atomic mass is 16.3. The molecule has 5 nitrogen and oxygen atoms in total. The Morgan fingerprint density at radius 2 is 0.683 bits per heavy atom. The molecule has 60 heavy (non-hydrogen) atoms. The van der Waals surface area contributed by atoms with Gasteiger partial charge in [0.1, 0.15) is 6.10 Å². The Kier molecular flexibility index (Phi) is 49.0. The maximum atomic E-state index is 12.5. The van der Waals surface area contributed by atoms with Crippen LogP contribution in [0, 0.1) is 0 Å². The number of aliphatic hydroxyl groups excluding tert-OH is 3. The highest BCUT2D eigenvalue weighted by Crippen LogP contribution is 2.16. The Labute approximate surface area is 374 Å². The van der Waals surface area contributed by atoms with Crippen LogP contribution < -0.4 is 5.32 Å². The number of rotatable bonds is 49. The molecule has 0 saturated heterocycles. The Hall–Kier alpha value is -1.43. The van der Waals surface area contributed by atoms with Crippen molar-refractivity contribution in [2.75, 3.05) is 6.61 Å². The van der Waals surface area contributed by atoms with Gasteiger partial charge in [-0.3, -0.25) is 4.79 Å². The van der Waals surface area contributed by atoms with Crippen molar-refractivity contribution in [2.45, 2.75) is 302 Å². The van der Waals surface area contributed by atoms with E-state index in [-0.39, 0.29) is 6.61 Å². The van der Waals surface area contributed by atoms with Crippen molar-refractivity contribution < 1.29 is 20.1 Å². The van der Waals surface area contributed by atoms with Crippen LogP contribution in [0.15, 0.2) is 36.5 Å². The van der Waals surface area contributed by atoms with E-state index in [4.69, 9.17) is 0 Å². The summed E-state index contributed by atoms with van der Waals surface area (Å²) in [5.41, 5.74) is 0. The quantitative estimate of drug-likeness (QED) is 0.0363. The second kappa shape index (κ2) is 50.2. The summed E-state index contributed by atoms with van der Waals surface area (Å²) < 4.78 is 0. The second-order valence-corrected chi connectivity index (χ2v) is 18.4. The first kappa shape index (κ1) is 58.6. The van der Waals surface area contributed by atoms with Crippen molar-refractivity contribution in [3.63, 3.8) is 0 Å². The fourth-order valence-corrected chi connectivity index (χ4v) is 8.26. The van der Waals surface area contributed by atoms with E-state index in [2.05, 4.69) is 43.5 Å². The Morgan fingerprint density at radius 1 is 0.400 bits per heavy atom. The lowest BCUT2D eigenvalue weighted by Gasteiger charge is -2.21. The summed E-state index contributed by atoms with van der Waals surface area (Å²) >= 11 is 0. The molecule has 0 aromatic heterocycles. The van der Waals surface area contributed by atoms with Crippen LogP contribution in [0.2, 0.25) is 0 Å². The standard InChI is InChI=1S/C55H105NO4/c1-3-5-7-9-11-13-15-17-19-21-23-25-27-28-30-32-34-36-38-40-42-44-46-48-50-54(59)55(60)56-52(51-57)53(58)49-47-45-43-41-39-37-35-33-31-29-26-24-22-20-18-16-14-12-10-8-6-4-2/h28,30,39,41,47,49,52-54,57-59H,3-27,29,31-38,40,42-46,48,50-51H2,1-2H3,(H,56,60)/b30-28-,41-39+,49-47+. The largest absolute Gasteiger partial charge is 0.394 e. The zero-order valence-electron chi connectivity index (χ0n) is 40.4. The first-order valence-electron chi connectivity index (χ1n) is 26.8. The van der Waals surface area contributed by atoms with Crippen LogP contribution in [0.1, 0.15) is 284 Å². The number of allylic oxidation sites excluding steroid dienone is 5. The van der Waals surface area contributed by atoms with Crippen molar-refractivity contribution in [3.8, 4) is 0 Å². The molecule has 0 aliphatic rings. The molecule has 354 valence electrons. The summed E-state index contributed by atoms with van der Waals surface area (Å²) in [7, 11) is 0. The van der Waals surface area contributed by atoms with Crippen molar-refractivity contribution >= 4 is 5.91 Å². The van der Waals surface area contributed by atoms with Crippen LogP contribution in [0.5, 0.6) is 0 Å². The number of nitrogens with one attached hydrogen (secondary N) is 1. The molecular formula is C55H105NO4. The minimum atomic E-state index is -1.11. The molecule has 3 atom stereocenters. The molecule has 3 unspecified atom stereocenters. The lowest BCUT2D eigenvalue weighted by molar-refractivity contribution is -0.131. The highest BCUT2D eigenvalue weighted by Gasteiger charge is 2.22. The van der Waals surface area contributed by atoms with Crippen molar-refractivity contribution in [1.29, 1.82) is 0 Å². The maximum absolute atomic E-state index is 12.5. The zero-order chi connectivity index (χ0) is 43.7. The van der Waals surface area contributed by atoms with E-state index in [0.29, 0.717) is 6.42 Å². The van der Waals surface area contributed by atoms with E-state index in [1.54, 1.807) is 6.08 Å². The van der Waals surface area contributed by atoms with Gasteiger partial charge in [0, 0.05) is 0 Å². The molecular weight excluding hydrogens is 739 g/mol. The monoisotopic (exact) mass is 844 g/mol. The zero-order valence-corrected chi connectivity index (χ0v) is 40.4. The van der Waals surface area contributed by atoms with Crippen LogP contribution in [0.4, 0.5) is 0 Å². The molecule has 0 rings (SSSR count). The van der Waals surface area contributed by atoms with Gasteiger partial charge in [-0.05, 0) is 57.8 Å². The van der Waals surface area contributed by atoms with Gasteiger partial charge in [0.05, 0.1) is 18.8 Å². The number of carbonyl (C=O) groups is 1. The van der Waals surface area contributed by atoms with Crippen LogP contribution in [-0.2, 0) is 4.79 Å².